The number of sulfonamides is 2. The zero-order valence-electron chi connectivity index (χ0n) is 10.1. The van der Waals surface area contributed by atoms with Gasteiger partial charge >= 0.3 is 0 Å². The number of nitrogens with one attached hydrogen (secondary N) is 2. The summed E-state index contributed by atoms with van der Waals surface area (Å²) in [5.74, 6) is -0.348. The van der Waals surface area contributed by atoms with E-state index in [1.807, 2.05) is 0 Å². The summed E-state index contributed by atoms with van der Waals surface area (Å²) in [6.07, 6.45) is 0. The van der Waals surface area contributed by atoms with E-state index < -0.39 is 20.0 Å². The zero-order chi connectivity index (χ0) is 14.7. The van der Waals surface area contributed by atoms with Crippen LogP contribution in [0.15, 0.2) is 27.6 Å². The van der Waals surface area contributed by atoms with Crippen molar-refractivity contribution in [3.63, 3.8) is 0 Å². The van der Waals surface area contributed by atoms with Crippen molar-refractivity contribution in [2.45, 2.75) is 4.90 Å². The Morgan fingerprint density at radius 2 is 1.89 bits per heavy atom. The van der Waals surface area contributed by atoms with Crippen molar-refractivity contribution in [3.05, 3.63) is 22.7 Å². The van der Waals surface area contributed by atoms with Crippen LogP contribution in [0.25, 0.3) is 0 Å². The molecule has 0 saturated heterocycles. The van der Waals surface area contributed by atoms with Crippen LogP contribution in [0.4, 0.5) is 5.69 Å². The average molecular weight is 372 g/mol. The fraction of sp³-hybridized carbons (Fsp3) is 0.333. The molecule has 0 fully saturated rings. The summed E-state index contributed by atoms with van der Waals surface area (Å²) in [4.78, 5) is -0.0856. The minimum Gasteiger partial charge on any atom is -0.398 e. The zero-order valence-corrected chi connectivity index (χ0v) is 13.3. The standard InChI is InChI=1S/C9H14BrN3O4S2/c1-12-18(14,15)5-4-13-19(16,17)9-3-2-7(10)6-8(9)11/h2-3,6,12-13H,4-5,11H2,1H3. The van der Waals surface area contributed by atoms with Gasteiger partial charge in [0.25, 0.3) is 0 Å². The molecule has 1 rings (SSSR count). The molecule has 1 aromatic rings. The Kier molecular flexibility index (Phi) is 5.33. The lowest BCUT2D eigenvalue weighted by Crippen LogP contribution is -2.33. The quantitative estimate of drug-likeness (QED) is 0.601. The first-order valence-corrected chi connectivity index (χ1v) is 9.07. The van der Waals surface area contributed by atoms with Crippen molar-refractivity contribution in [1.82, 2.24) is 9.44 Å². The van der Waals surface area contributed by atoms with Crippen LogP contribution in [0.3, 0.4) is 0 Å². The number of hydrogen-bond donors (Lipinski definition) is 3. The number of rotatable bonds is 6. The van der Waals surface area contributed by atoms with Crippen LogP contribution in [-0.4, -0.2) is 36.2 Å². The molecule has 7 nitrogen and oxygen atoms in total. The van der Waals surface area contributed by atoms with E-state index in [9.17, 15) is 16.8 Å². The normalized spacial score (nSPS) is 12.5. The maximum absolute atomic E-state index is 11.9. The third-order valence-electron chi connectivity index (χ3n) is 2.24. The Bertz CT molecular complexity index is 658. The summed E-state index contributed by atoms with van der Waals surface area (Å²) in [7, 11) is -6.02. The second-order valence-corrected chi connectivity index (χ2v) is 8.30. The summed E-state index contributed by atoms with van der Waals surface area (Å²) in [6.45, 7) is -0.235. The fourth-order valence-corrected chi connectivity index (χ4v) is 3.48. The smallest absolute Gasteiger partial charge is 0.242 e. The number of nitrogen functional groups attached to an aromatic ring is 1. The van der Waals surface area contributed by atoms with Gasteiger partial charge in [0.2, 0.25) is 20.0 Å². The maximum atomic E-state index is 11.9. The van der Waals surface area contributed by atoms with Gasteiger partial charge in [0.15, 0.2) is 0 Å². The Hall–Kier alpha value is -0.680. The number of halogens is 1. The fourth-order valence-electron chi connectivity index (χ4n) is 1.25. The first kappa shape index (κ1) is 16.4. The van der Waals surface area contributed by atoms with Gasteiger partial charge in [0, 0.05) is 11.0 Å². The van der Waals surface area contributed by atoms with E-state index in [0.717, 1.165) is 0 Å². The first-order chi connectivity index (χ1) is 8.68. The largest absolute Gasteiger partial charge is 0.398 e. The van der Waals surface area contributed by atoms with Crippen molar-refractivity contribution in [2.24, 2.45) is 0 Å². The van der Waals surface area contributed by atoms with Crippen molar-refractivity contribution in [3.8, 4) is 0 Å². The van der Waals surface area contributed by atoms with E-state index in [-0.39, 0.29) is 22.9 Å². The molecule has 19 heavy (non-hydrogen) atoms. The maximum Gasteiger partial charge on any atom is 0.242 e. The predicted molar refractivity (Wildman–Crippen MR) is 76.6 cm³/mol. The highest BCUT2D eigenvalue weighted by Gasteiger charge is 2.18. The van der Waals surface area contributed by atoms with Gasteiger partial charge in [-0.15, -0.1) is 0 Å². The lowest BCUT2D eigenvalue weighted by Gasteiger charge is -2.09. The monoisotopic (exact) mass is 371 g/mol. The summed E-state index contributed by atoms with van der Waals surface area (Å²) in [5, 5.41) is 0. The van der Waals surface area contributed by atoms with Gasteiger partial charge in [0.05, 0.1) is 11.4 Å². The molecule has 0 bridgehead atoms. The van der Waals surface area contributed by atoms with E-state index in [1.165, 1.54) is 25.2 Å². The summed E-state index contributed by atoms with van der Waals surface area (Å²) in [6, 6.07) is 4.34. The molecule has 0 amide bonds. The van der Waals surface area contributed by atoms with Gasteiger partial charge in [-0.3, -0.25) is 0 Å². The van der Waals surface area contributed by atoms with Gasteiger partial charge in [0.1, 0.15) is 4.90 Å². The molecule has 4 N–H and O–H groups in total. The predicted octanol–water partition coefficient (Wildman–Crippen LogP) is -0.141. The van der Waals surface area contributed by atoms with E-state index in [1.54, 1.807) is 0 Å². The molecule has 0 heterocycles. The van der Waals surface area contributed by atoms with Crippen LogP contribution < -0.4 is 15.2 Å². The highest BCUT2D eigenvalue weighted by Crippen LogP contribution is 2.22. The molecule has 0 aliphatic carbocycles. The number of benzene rings is 1. The molecule has 108 valence electrons. The van der Waals surface area contributed by atoms with Gasteiger partial charge in [-0.1, -0.05) is 15.9 Å². The third-order valence-corrected chi connectivity index (χ3v) is 5.63. The number of hydrogen-bond acceptors (Lipinski definition) is 5. The van der Waals surface area contributed by atoms with E-state index >= 15 is 0 Å². The van der Waals surface area contributed by atoms with E-state index in [4.69, 9.17) is 5.73 Å². The molecule has 0 radical (unpaired) electrons. The van der Waals surface area contributed by atoms with Gasteiger partial charge in [-0.05, 0) is 25.2 Å². The molecular formula is C9H14BrN3O4S2. The molecule has 1 aromatic carbocycles. The topological polar surface area (TPSA) is 118 Å². The Labute approximate surface area is 120 Å². The first-order valence-electron chi connectivity index (χ1n) is 5.14. The molecule has 0 aliphatic rings. The Morgan fingerprint density at radius 3 is 2.42 bits per heavy atom. The second kappa shape index (κ2) is 6.18. The van der Waals surface area contributed by atoms with Crippen LogP contribution in [0.5, 0.6) is 0 Å². The highest BCUT2D eigenvalue weighted by atomic mass is 79.9. The third kappa shape index (κ3) is 4.73. The second-order valence-electron chi connectivity index (χ2n) is 3.60. The molecular weight excluding hydrogens is 358 g/mol. The molecule has 0 unspecified atom stereocenters. The van der Waals surface area contributed by atoms with Gasteiger partial charge < -0.3 is 5.73 Å². The van der Waals surface area contributed by atoms with Crippen molar-refractivity contribution in [1.29, 1.82) is 0 Å². The van der Waals surface area contributed by atoms with E-state index in [2.05, 4.69) is 25.4 Å². The Balaban J connectivity index is 2.82. The van der Waals surface area contributed by atoms with Crippen LogP contribution in [0.1, 0.15) is 0 Å². The van der Waals surface area contributed by atoms with Crippen LogP contribution in [0, 0.1) is 0 Å². The lowest BCUT2D eigenvalue weighted by molar-refractivity contribution is 0.579. The number of nitrogens with two attached hydrogens (primary N) is 1. The molecule has 0 saturated carbocycles. The summed E-state index contributed by atoms with van der Waals surface area (Å²) >= 11 is 3.17. The minimum atomic E-state index is -3.83. The summed E-state index contributed by atoms with van der Waals surface area (Å²) < 4.78 is 51.1. The molecule has 0 spiro atoms. The Morgan fingerprint density at radius 1 is 1.26 bits per heavy atom. The van der Waals surface area contributed by atoms with Crippen molar-refractivity contribution < 1.29 is 16.8 Å². The summed E-state index contributed by atoms with van der Waals surface area (Å²) in [5.41, 5.74) is 5.69. The van der Waals surface area contributed by atoms with Crippen LogP contribution in [-0.2, 0) is 20.0 Å². The van der Waals surface area contributed by atoms with Crippen LogP contribution >= 0.6 is 15.9 Å². The van der Waals surface area contributed by atoms with Gasteiger partial charge in [-0.2, -0.15) is 0 Å². The number of anilines is 1. The molecule has 10 heteroatoms. The van der Waals surface area contributed by atoms with Crippen molar-refractivity contribution >= 4 is 41.7 Å². The molecule has 0 atom stereocenters. The highest BCUT2D eigenvalue weighted by molar-refractivity contribution is 9.10. The van der Waals surface area contributed by atoms with Crippen molar-refractivity contribution in [2.75, 3.05) is 25.1 Å². The lowest BCUT2D eigenvalue weighted by atomic mass is 10.3. The minimum absolute atomic E-state index is 0.0818. The molecule has 0 aromatic heterocycles. The average Bonchev–Trinajstić information content (AvgIpc) is 2.27. The molecule has 0 aliphatic heterocycles. The SMILES string of the molecule is CNS(=O)(=O)CCNS(=O)(=O)c1ccc(Br)cc1N. The van der Waals surface area contributed by atoms with Crippen LogP contribution in [0.2, 0.25) is 0 Å². The van der Waals surface area contributed by atoms with E-state index in [0.29, 0.717) is 4.47 Å². The van der Waals surface area contributed by atoms with Gasteiger partial charge in [-0.25, -0.2) is 26.3 Å².